The second-order valence-corrected chi connectivity index (χ2v) is 6.91. The fourth-order valence-electron chi connectivity index (χ4n) is 2.75. The van der Waals surface area contributed by atoms with E-state index in [9.17, 15) is 0 Å². The molecule has 6 N–H and O–H groups in total. The molecular weight excluding hydrogens is 360 g/mol. The molecule has 0 fully saturated rings. The summed E-state index contributed by atoms with van der Waals surface area (Å²) in [5.41, 5.74) is 14.2. The number of nitrogen functional groups attached to an aromatic ring is 2. The van der Waals surface area contributed by atoms with E-state index in [1.54, 1.807) is 37.7 Å². The van der Waals surface area contributed by atoms with Gasteiger partial charge in [0.25, 0.3) is 0 Å². The van der Waals surface area contributed by atoms with Crippen LogP contribution in [-0.4, -0.2) is 25.9 Å². The van der Waals surface area contributed by atoms with Crippen LogP contribution in [0.2, 0.25) is 0 Å². The molecule has 6 nitrogen and oxygen atoms in total. The fourth-order valence-corrected chi connectivity index (χ4v) is 3.82. The zero-order chi connectivity index (χ0) is 19.6. The van der Waals surface area contributed by atoms with E-state index in [4.69, 9.17) is 31.8 Å². The van der Waals surface area contributed by atoms with Gasteiger partial charge in [-0.15, -0.1) is 11.3 Å². The summed E-state index contributed by atoms with van der Waals surface area (Å²) in [4.78, 5) is 2.05. The van der Waals surface area contributed by atoms with Crippen molar-refractivity contribution in [2.75, 3.05) is 14.2 Å². The maximum absolute atomic E-state index is 7.58. The van der Waals surface area contributed by atoms with Gasteiger partial charge in [0.15, 0.2) is 0 Å². The van der Waals surface area contributed by atoms with Gasteiger partial charge in [-0.05, 0) is 36.4 Å². The molecule has 0 atom stereocenters. The molecule has 1 heterocycles. The van der Waals surface area contributed by atoms with E-state index in [2.05, 4.69) is 0 Å². The van der Waals surface area contributed by atoms with Crippen LogP contribution in [0.1, 0.15) is 11.1 Å². The molecule has 0 aliphatic heterocycles. The van der Waals surface area contributed by atoms with Gasteiger partial charge in [-0.1, -0.05) is 12.1 Å². The maximum atomic E-state index is 7.58. The van der Waals surface area contributed by atoms with Gasteiger partial charge in [0, 0.05) is 32.0 Å². The standard InChI is InChI=1S/C20H20N4O2S/c1-25-15-9-11(19(21)22)3-5-13(15)17-7-8-18(27-17)14-6-4-12(20(23)24)10-16(14)26-2/h3-10H,1-2H3,(H3,21,22)(H3,23,24). The highest BCUT2D eigenvalue weighted by molar-refractivity contribution is 7.18. The normalized spacial score (nSPS) is 10.4. The van der Waals surface area contributed by atoms with Gasteiger partial charge in [-0.25, -0.2) is 0 Å². The molecule has 138 valence electrons. The summed E-state index contributed by atoms with van der Waals surface area (Å²) >= 11 is 1.60. The number of hydrogen-bond acceptors (Lipinski definition) is 5. The van der Waals surface area contributed by atoms with Crippen LogP contribution in [0.3, 0.4) is 0 Å². The summed E-state index contributed by atoms with van der Waals surface area (Å²) in [6.45, 7) is 0. The van der Waals surface area contributed by atoms with E-state index in [0.717, 1.165) is 20.9 Å². The summed E-state index contributed by atoms with van der Waals surface area (Å²) in [6, 6.07) is 15.0. The SMILES string of the molecule is COc1cc(C(=N)N)ccc1-c1ccc(-c2ccc(C(=N)N)cc2OC)s1. The molecule has 1 aromatic heterocycles. The molecule has 3 aromatic rings. The topological polar surface area (TPSA) is 118 Å². The third kappa shape index (κ3) is 3.63. The molecule has 0 aliphatic rings. The summed E-state index contributed by atoms with van der Waals surface area (Å²) in [5, 5.41) is 15.2. The Balaban J connectivity index is 2.03. The Morgan fingerprint density at radius 3 is 1.48 bits per heavy atom. The molecule has 7 heteroatoms. The summed E-state index contributed by atoms with van der Waals surface area (Å²) in [5.74, 6) is 1.33. The highest BCUT2D eigenvalue weighted by atomic mass is 32.1. The van der Waals surface area contributed by atoms with E-state index < -0.39 is 0 Å². The van der Waals surface area contributed by atoms with Gasteiger partial charge in [-0.3, -0.25) is 10.8 Å². The van der Waals surface area contributed by atoms with Crippen molar-refractivity contribution in [1.29, 1.82) is 10.8 Å². The number of nitrogens with two attached hydrogens (primary N) is 2. The van der Waals surface area contributed by atoms with Crippen LogP contribution in [-0.2, 0) is 0 Å². The first-order valence-electron chi connectivity index (χ1n) is 8.10. The van der Waals surface area contributed by atoms with E-state index >= 15 is 0 Å². The Bertz CT molecular complexity index is 947. The molecule has 0 unspecified atom stereocenters. The van der Waals surface area contributed by atoms with E-state index in [0.29, 0.717) is 22.6 Å². The molecule has 0 saturated carbocycles. The third-order valence-electron chi connectivity index (χ3n) is 4.16. The minimum atomic E-state index is 0.00187. The number of nitrogens with one attached hydrogen (secondary N) is 2. The van der Waals surface area contributed by atoms with Crippen molar-refractivity contribution in [3.05, 3.63) is 59.7 Å². The number of ether oxygens (including phenoxy) is 2. The van der Waals surface area contributed by atoms with Crippen molar-refractivity contribution in [1.82, 2.24) is 0 Å². The van der Waals surface area contributed by atoms with E-state index in [1.165, 1.54) is 0 Å². The second kappa shape index (κ2) is 7.51. The van der Waals surface area contributed by atoms with Gasteiger partial charge in [0.05, 0.1) is 14.2 Å². The average Bonchev–Trinajstić information content (AvgIpc) is 3.16. The van der Waals surface area contributed by atoms with Gasteiger partial charge in [0.2, 0.25) is 0 Å². The van der Waals surface area contributed by atoms with Crippen LogP contribution in [0.15, 0.2) is 48.5 Å². The van der Waals surface area contributed by atoms with Gasteiger partial charge < -0.3 is 20.9 Å². The maximum Gasteiger partial charge on any atom is 0.128 e. The Morgan fingerprint density at radius 2 is 1.15 bits per heavy atom. The number of benzene rings is 2. The lowest BCUT2D eigenvalue weighted by Gasteiger charge is -2.10. The lowest BCUT2D eigenvalue weighted by Crippen LogP contribution is -2.11. The Kier molecular flexibility index (Phi) is 5.14. The van der Waals surface area contributed by atoms with Gasteiger partial charge in [-0.2, -0.15) is 0 Å². The van der Waals surface area contributed by atoms with Crippen LogP contribution in [0.25, 0.3) is 20.9 Å². The molecule has 0 spiro atoms. The Morgan fingerprint density at radius 1 is 0.741 bits per heavy atom. The average molecular weight is 380 g/mol. The molecule has 3 rings (SSSR count). The van der Waals surface area contributed by atoms with Gasteiger partial charge in [0.1, 0.15) is 23.2 Å². The number of amidine groups is 2. The van der Waals surface area contributed by atoms with Crippen LogP contribution >= 0.6 is 11.3 Å². The highest BCUT2D eigenvalue weighted by Crippen LogP contribution is 2.41. The first kappa shape index (κ1) is 18.5. The number of rotatable bonds is 6. The van der Waals surface area contributed by atoms with E-state index in [-0.39, 0.29) is 11.7 Å². The van der Waals surface area contributed by atoms with Crippen molar-refractivity contribution >= 4 is 23.0 Å². The van der Waals surface area contributed by atoms with Crippen molar-refractivity contribution in [2.45, 2.75) is 0 Å². The van der Waals surface area contributed by atoms with Crippen LogP contribution in [0.5, 0.6) is 11.5 Å². The van der Waals surface area contributed by atoms with Crippen molar-refractivity contribution in [3.63, 3.8) is 0 Å². The fraction of sp³-hybridized carbons (Fsp3) is 0.100. The zero-order valence-corrected chi connectivity index (χ0v) is 15.8. The van der Waals surface area contributed by atoms with E-state index in [1.807, 2.05) is 36.4 Å². The minimum absolute atomic E-state index is 0.00187. The highest BCUT2D eigenvalue weighted by Gasteiger charge is 2.14. The minimum Gasteiger partial charge on any atom is -0.496 e. The van der Waals surface area contributed by atoms with Crippen LogP contribution < -0.4 is 20.9 Å². The first-order chi connectivity index (χ1) is 12.9. The smallest absolute Gasteiger partial charge is 0.128 e. The monoisotopic (exact) mass is 380 g/mol. The van der Waals surface area contributed by atoms with Crippen LogP contribution in [0, 0.1) is 10.8 Å². The lowest BCUT2D eigenvalue weighted by molar-refractivity contribution is 0.416. The zero-order valence-electron chi connectivity index (χ0n) is 15.0. The third-order valence-corrected chi connectivity index (χ3v) is 5.31. The molecule has 27 heavy (non-hydrogen) atoms. The van der Waals surface area contributed by atoms with Crippen molar-refractivity contribution in [2.24, 2.45) is 11.5 Å². The quantitative estimate of drug-likeness (QED) is 0.385. The molecule has 0 radical (unpaired) electrons. The largest absolute Gasteiger partial charge is 0.496 e. The number of hydrogen-bond donors (Lipinski definition) is 4. The molecule has 0 saturated heterocycles. The Hall–Kier alpha value is -3.32. The first-order valence-corrected chi connectivity index (χ1v) is 8.91. The molecule has 0 aliphatic carbocycles. The van der Waals surface area contributed by atoms with Crippen LogP contribution in [0.4, 0.5) is 0 Å². The summed E-state index contributed by atoms with van der Waals surface area (Å²) < 4.78 is 11.0. The number of methoxy groups -OCH3 is 2. The second-order valence-electron chi connectivity index (χ2n) is 5.82. The van der Waals surface area contributed by atoms with Crippen molar-refractivity contribution < 1.29 is 9.47 Å². The molecular formula is C20H20N4O2S. The predicted molar refractivity (Wildman–Crippen MR) is 110 cm³/mol. The molecule has 2 aromatic carbocycles. The van der Waals surface area contributed by atoms with Crippen molar-refractivity contribution in [3.8, 4) is 32.4 Å². The Labute approximate surface area is 161 Å². The van der Waals surface area contributed by atoms with Gasteiger partial charge >= 0.3 is 0 Å². The summed E-state index contributed by atoms with van der Waals surface area (Å²) in [6.07, 6.45) is 0. The molecule has 0 bridgehead atoms. The summed E-state index contributed by atoms with van der Waals surface area (Å²) in [7, 11) is 3.20. The molecule has 0 amide bonds. The lowest BCUT2D eigenvalue weighted by atomic mass is 10.1. The number of thiophene rings is 1. The predicted octanol–water partition coefficient (Wildman–Crippen LogP) is 3.67.